The lowest BCUT2D eigenvalue weighted by molar-refractivity contribution is -0.274. The molecule has 12 heteroatoms. The van der Waals surface area contributed by atoms with Crippen LogP contribution in [0.15, 0.2) is 36.4 Å². The standard InChI is InChI=1S/C18H14F3N5O3S/c19-18(20,21)29-10-2-3-11-14(8-10)30-17(24-11)25-16-23-12-7-9(15(27)28)1-4-13(12)26(16)6-5-22/h1-4,7-8H,5-6,22H2,(H,27,28)(H,23,24,25). The first-order valence-corrected chi connectivity index (χ1v) is 9.42. The lowest BCUT2D eigenvalue weighted by atomic mass is 10.2. The van der Waals surface area contributed by atoms with Gasteiger partial charge in [0.1, 0.15) is 5.75 Å². The highest BCUT2D eigenvalue weighted by molar-refractivity contribution is 7.22. The number of aromatic carboxylic acids is 1. The number of carboxylic acid groups (broad SMARTS) is 1. The molecule has 30 heavy (non-hydrogen) atoms. The Bertz CT molecular complexity index is 1250. The molecule has 4 rings (SSSR count). The molecule has 0 radical (unpaired) electrons. The third kappa shape index (κ3) is 4.00. The third-order valence-electron chi connectivity index (χ3n) is 4.16. The SMILES string of the molecule is NCCn1c(Nc2nc3ccc(OC(F)(F)F)cc3s2)nc2cc(C(=O)O)ccc21. The quantitative estimate of drug-likeness (QED) is 0.418. The van der Waals surface area contributed by atoms with Gasteiger partial charge < -0.3 is 25.5 Å². The predicted molar refractivity (Wildman–Crippen MR) is 105 cm³/mol. The Balaban J connectivity index is 1.69. The van der Waals surface area contributed by atoms with Gasteiger partial charge in [0, 0.05) is 19.2 Å². The van der Waals surface area contributed by atoms with E-state index < -0.39 is 12.3 Å². The number of nitrogens with two attached hydrogens (primary N) is 1. The minimum absolute atomic E-state index is 0.101. The number of ether oxygens (including phenoxy) is 1. The van der Waals surface area contributed by atoms with E-state index in [2.05, 4.69) is 20.0 Å². The number of alkyl halides is 3. The van der Waals surface area contributed by atoms with Crippen LogP contribution in [0.2, 0.25) is 0 Å². The summed E-state index contributed by atoms with van der Waals surface area (Å²) >= 11 is 1.13. The van der Waals surface area contributed by atoms with Gasteiger partial charge in [0.05, 0.1) is 26.8 Å². The molecule has 2 aromatic carbocycles. The van der Waals surface area contributed by atoms with Gasteiger partial charge in [-0.25, -0.2) is 14.8 Å². The predicted octanol–water partition coefficient (Wildman–Crippen LogP) is 3.95. The van der Waals surface area contributed by atoms with E-state index in [9.17, 15) is 23.1 Å². The summed E-state index contributed by atoms with van der Waals surface area (Å²) in [5.74, 6) is -1.01. The first-order valence-electron chi connectivity index (χ1n) is 8.60. The minimum Gasteiger partial charge on any atom is -0.478 e. The zero-order valence-corrected chi connectivity index (χ0v) is 15.9. The molecule has 2 heterocycles. The number of fused-ring (bicyclic) bond motifs is 2. The highest BCUT2D eigenvalue weighted by Gasteiger charge is 2.31. The number of halogens is 3. The van der Waals surface area contributed by atoms with Crippen molar-refractivity contribution in [3.63, 3.8) is 0 Å². The molecule has 0 bridgehead atoms. The normalized spacial score (nSPS) is 11.9. The molecule has 4 N–H and O–H groups in total. The fourth-order valence-corrected chi connectivity index (χ4v) is 3.85. The van der Waals surface area contributed by atoms with Crippen LogP contribution in [-0.2, 0) is 6.54 Å². The second kappa shape index (κ2) is 7.46. The van der Waals surface area contributed by atoms with Crippen LogP contribution in [-0.4, -0.2) is 38.5 Å². The molecule has 0 amide bonds. The van der Waals surface area contributed by atoms with Gasteiger partial charge in [-0.1, -0.05) is 11.3 Å². The lowest BCUT2D eigenvalue weighted by Crippen LogP contribution is -2.16. The molecular formula is C18H14F3N5O3S. The van der Waals surface area contributed by atoms with Crippen molar-refractivity contribution in [3.8, 4) is 5.75 Å². The van der Waals surface area contributed by atoms with Gasteiger partial charge in [-0.05, 0) is 30.3 Å². The number of imidazole rings is 1. The van der Waals surface area contributed by atoms with E-state index in [4.69, 9.17) is 5.73 Å². The van der Waals surface area contributed by atoms with Gasteiger partial charge in [-0.3, -0.25) is 0 Å². The maximum absolute atomic E-state index is 12.4. The molecular weight excluding hydrogens is 423 g/mol. The zero-order chi connectivity index (χ0) is 21.5. The van der Waals surface area contributed by atoms with Crippen LogP contribution in [0.1, 0.15) is 10.4 Å². The molecule has 0 unspecified atom stereocenters. The van der Waals surface area contributed by atoms with Crippen LogP contribution in [0.3, 0.4) is 0 Å². The Morgan fingerprint density at radius 3 is 2.70 bits per heavy atom. The number of aromatic nitrogens is 3. The van der Waals surface area contributed by atoms with Crippen molar-refractivity contribution in [2.75, 3.05) is 11.9 Å². The summed E-state index contributed by atoms with van der Waals surface area (Å²) in [6.45, 7) is 0.735. The number of carboxylic acids is 1. The van der Waals surface area contributed by atoms with Gasteiger partial charge in [-0.15, -0.1) is 13.2 Å². The van der Waals surface area contributed by atoms with Gasteiger partial charge in [0.25, 0.3) is 0 Å². The Morgan fingerprint density at radius 1 is 1.20 bits per heavy atom. The topological polar surface area (TPSA) is 115 Å². The Hall–Kier alpha value is -3.38. The van der Waals surface area contributed by atoms with E-state index in [0.717, 1.165) is 11.3 Å². The summed E-state index contributed by atoms with van der Waals surface area (Å²) in [4.78, 5) is 20.0. The van der Waals surface area contributed by atoms with E-state index in [1.807, 2.05) is 0 Å². The zero-order valence-electron chi connectivity index (χ0n) is 15.1. The van der Waals surface area contributed by atoms with E-state index in [1.165, 1.54) is 30.3 Å². The molecule has 0 aliphatic heterocycles. The monoisotopic (exact) mass is 437 g/mol. The number of anilines is 2. The highest BCUT2D eigenvalue weighted by Crippen LogP contribution is 2.33. The number of hydrogen-bond acceptors (Lipinski definition) is 7. The largest absolute Gasteiger partial charge is 0.573 e. The van der Waals surface area contributed by atoms with Crippen LogP contribution >= 0.6 is 11.3 Å². The molecule has 0 atom stereocenters. The van der Waals surface area contributed by atoms with Crippen molar-refractivity contribution in [1.82, 2.24) is 14.5 Å². The maximum Gasteiger partial charge on any atom is 0.573 e. The van der Waals surface area contributed by atoms with Gasteiger partial charge in [0.15, 0.2) is 5.13 Å². The molecule has 0 aliphatic rings. The van der Waals surface area contributed by atoms with E-state index in [1.54, 1.807) is 10.6 Å². The summed E-state index contributed by atoms with van der Waals surface area (Å²) in [6.07, 6.45) is -4.78. The smallest absolute Gasteiger partial charge is 0.478 e. The number of nitrogens with one attached hydrogen (secondary N) is 1. The number of benzene rings is 2. The molecule has 4 aromatic rings. The van der Waals surface area contributed by atoms with Crippen LogP contribution in [0.5, 0.6) is 5.75 Å². The molecule has 0 aliphatic carbocycles. The van der Waals surface area contributed by atoms with Crippen molar-refractivity contribution in [3.05, 3.63) is 42.0 Å². The van der Waals surface area contributed by atoms with Crippen molar-refractivity contribution < 1.29 is 27.8 Å². The van der Waals surface area contributed by atoms with Crippen molar-refractivity contribution in [2.45, 2.75) is 12.9 Å². The number of rotatable bonds is 6. The molecule has 156 valence electrons. The fourth-order valence-electron chi connectivity index (χ4n) is 2.96. The summed E-state index contributed by atoms with van der Waals surface area (Å²) < 4.78 is 43.5. The average molecular weight is 437 g/mol. The number of carbonyl (C=O) groups is 1. The summed E-state index contributed by atoms with van der Waals surface area (Å²) in [5.41, 5.74) is 7.44. The lowest BCUT2D eigenvalue weighted by Gasteiger charge is -2.07. The van der Waals surface area contributed by atoms with E-state index in [0.29, 0.717) is 45.4 Å². The van der Waals surface area contributed by atoms with Gasteiger partial charge in [0.2, 0.25) is 5.95 Å². The van der Waals surface area contributed by atoms with Crippen LogP contribution < -0.4 is 15.8 Å². The van der Waals surface area contributed by atoms with Gasteiger partial charge >= 0.3 is 12.3 Å². The molecule has 0 spiro atoms. The molecule has 0 fully saturated rings. The Morgan fingerprint density at radius 2 is 2.00 bits per heavy atom. The second-order valence-corrected chi connectivity index (χ2v) is 7.24. The first-order chi connectivity index (χ1) is 14.2. The average Bonchev–Trinajstić information content (AvgIpc) is 3.21. The molecule has 0 saturated carbocycles. The van der Waals surface area contributed by atoms with Crippen molar-refractivity contribution >= 4 is 49.6 Å². The second-order valence-electron chi connectivity index (χ2n) is 6.21. The number of thiazole rings is 1. The fraction of sp³-hybridized carbons (Fsp3) is 0.167. The highest BCUT2D eigenvalue weighted by atomic mass is 32.1. The third-order valence-corrected chi connectivity index (χ3v) is 5.09. The summed E-state index contributed by atoms with van der Waals surface area (Å²) in [6, 6.07) is 8.45. The van der Waals surface area contributed by atoms with Crippen LogP contribution in [0.25, 0.3) is 21.3 Å². The molecule has 2 aromatic heterocycles. The van der Waals surface area contributed by atoms with E-state index in [-0.39, 0.29) is 11.3 Å². The number of nitrogens with zero attached hydrogens (tertiary/aromatic N) is 3. The summed E-state index contributed by atoms with van der Waals surface area (Å²) in [7, 11) is 0. The molecule has 0 saturated heterocycles. The Labute approximate surface area is 170 Å². The summed E-state index contributed by atoms with van der Waals surface area (Å²) in [5, 5.41) is 12.6. The van der Waals surface area contributed by atoms with Crippen LogP contribution in [0, 0.1) is 0 Å². The molecule has 8 nitrogen and oxygen atoms in total. The van der Waals surface area contributed by atoms with Crippen molar-refractivity contribution in [2.24, 2.45) is 5.73 Å². The number of hydrogen-bond donors (Lipinski definition) is 3. The van der Waals surface area contributed by atoms with Crippen molar-refractivity contribution in [1.29, 1.82) is 0 Å². The maximum atomic E-state index is 12.4. The van der Waals surface area contributed by atoms with Crippen LogP contribution in [0.4, 0.5) is 24.3 Å². The van der Waals surface area contributed by atoms with Gasteiger partial charge in [-0.2, -0.15) is 0 Å². The minimum atomic E-state index is -4.78. The Kier molecular flexibility index (Phi) is 4.95. The van der Waals surface area contributed by atoms with E-state index >= 15 is 0 Å². The first kappa shape index (κ1) is 19.9.